The summed E-state index contributed by atoms with van der Waals surface area (Å²) in [5.74, 6) is 1.46. The summed E-state index contributed by atoms with van der Waals surface area (Å²) in [6.45, 7) is 9.21. The fourth-order valence-electron chi connectivity index (χ4n) is 2.62. The molecule has 0 aromatic heterocycles. The Morgan fingerprint density at radius 3 is 2.52 bits per heavy atom. The molecule has 1 aromatic carbocycles. The summed E-state index contributed by atoms with van der Waals surface area (Å²) in [6, 6.07) is 5.67. The molecule has 1 aromatic rings. The molecule has 0 radical (unpaired) electrons. The molecule has 2 rings (SSSR count). The molecule has 0 spiro atoms. The van der Waals surface area contributed by atoms with Gasteiger partial charge in [0.15, 0.2) is 11.5 Å². The molecule has 0 atom stereocenters. The molecule has 126 valence electrons. The van der Waals surface area contributed by atoms with Gasteiger partial charge in [-0.05, 0) is 37.2 Å². The van der Waals surface area contributed by atoms with Crippen LogP contribution in [0.4, 0.5) is 0 Å². The van der Waals surface area contributed by atoms with Crippen LogP contribution in [-0.4, -0.2) is 62.1 Å². The normalized spacial score (nSPS) is 15.9. The van der Waals surface area contributed by atoms with Crippen LogP contribution in [0.25, 0.3) is 6.08 Å². The maximum absolute atomic E-state index is 12.3. The van der Waals surface area contributed by atoms with Crippen LogP contribution in [0.5, 0.6) is 11.5 Å². The Balaban J connectivity index is 1.98. The number of methoxy groups -OCH3 is 1. The molecule has 1 heterocycles. The van der Waals surface area contributed by atoms with E-state index in [0.717, 1.165) is 38.3 Å². The summed E-state index contributed by atoms with van der Waals surface area (Å²) in [7, 11) is 1.61. The smallest absolute Gasteiger partial charge is 0.246 e. The molecule has 0 unspecified atom stereocenters. The molecule has 0 aliphatic carbocycles. The minimum atomic E-state index is 0.0635. The van der Waals surface area contributed by atoms with Gasteiger partial charge in [0.2, 0.25) is 5.91 Å². The zero-order valence-electron chi connectivity index (χ0n) is 14.2. The number of rotatable bonds is 6. The number of ether oxygens (including phenoxy) is 2. The Morgan fingerprint density at radius 2 is 1.91 bits per heavy atom. The lowest BCUT2D eigenvalue weighted by Gasteiger charge is -2.33. The SMILES string of the molecule is CCOc1ccc(/C=C/C(=O)N2CCN(CC)CC2)cc1OC. The Labute approximate surface area is 138 Å². The van der Waals surface area contributed by atoms with E-state index in [-0.39, 0.29) is 5.91 Å². The molecule has 5 heteroatoms. The third-order valence-electron chi connectivity index (χ3n) is 4.04. The Kier molecular flexibility index (Phi) is 6.47. The molecule has 1 fully saturated rings. The van der Waals surface area contributed by atoms with Crippen molar-refractivity contribution in [2.24, 2.45) is 0 Å². The van der Waals surface area contributed by atoms with E-state index in [9.17, 15) is 4.79 Å². The van der Waals surface area contributed by atoms with E-state index in [1.54, 1.807) is 13.2 Å². The van der Waals surface area contributed by atoms with Crippen molar-refractivity contribution in [2.45, 2.75) is 13.8 Å². The van der Waals surface area contributed by atoms with E-state index in [1.807, 2.05) is 36.1 Å². The van der Waals surface area contributed by atoms with Crippen LogP contribution >= 0.6 is 0 Å². The zero-order chi connectivity index (χ0) is 16.7. The highest BCUT2D eigenvalue weighted by molar-refractivity contribution is 5.92. The molecule has 23 heavy (non-hydrogen) atoms. The van der Waals surface area contributed by atoms with Gasteiger partial charge in [-0.1, -0.05) is 13.0 Å². The predicted octanol–water partition coefficient (Wildman–Crippen LogP) is 2.27. The highest BCUT2D eigenvalue weighted by atomic mass is 16.5. The van der Waals surface area contributed by atoms with Gasteiger partial charge in [0.25, 0.3) is 0 Å². The summed E-state index contributed by atoms with van der Waals surface area (Å²) in [5, 5.41) is 0. The second kappa shape index (κ2) is 8.58. The molecule has 5 nitrogen and oxygen atoms in total. The molecule has 1 aliphatic rings. The summed E-state index contributed by atoms with van der Waals surface area (Å²) < 4.78 is 10.8. The first-order valence-corrected chi connectivity index (χ1v) is 8.18. The van der Waals surface area contributed by atoms with Gasteiger partial charge in [0, 0.05) is 32.3 Å². The molecular formula is C18H26N2O3. The van der Waals surface area contributed by atoms with E-state index < -0.39 is 0 Å². The Bertz CT molecular complexity index is 549. The van der Waals surface area contributed by atoms with E-state index in [4.69, 9.17) is 9.47 Å². The van der Waals surface area contributed by atoms with Crippen molar-refractivity contribution < 1.29 is 14.3 Å². The van der Waals surface area contributed by atoms with Gasteiger partial charge in [-0.15, -0.1) is 0 Å². The average molecular weight is 318 g/mol. The number of carbonyl (C=O) groups excluding carboxylic acids is 1. The average Bonchev–Trinajstić information content (AvgIpc) is 2.60. The lowest BCUT2D eigenvalue weighted by Crippen LogP contribution is -2.48. The van der Waals surface area contributed by atoms with Crippen molar-refractivity contribution in [1.29, 1.82) is 0 Å². The van der Waals surface area contributed by atoms with Gasteiger partial charge >= 0.3 is 0 Å². The van der Waals surface area contributed by atoms with Gasteiger partial charge in [-0.3, -0.25) is 4.79 Å². The summed E-state index contributed by atoms with van der Waals surface area (Å²) in [6.07, 6.45) is 3.46. The highest BCUT2D eigenvalue weighted by Crippen LogP contribution is 2.28. The van der Waals surface area contributed by atoms with E-state index in [0.29, 0.717) is 18.1 Å². The highest BCUT2D eigenvalue weighted by Gasteiger charge is 2.18. The number of likely N-dealkylation sites (N-methyl/N-ethyl adjacent to an activating group) is 1. The topological polar surface area (TPSA) is 42.0 Å². The quantitative estimate of drug-likeness (QED) is 0.755. The van der Waals surface area contributed by atoms with Gasteiger partial charge in [-0.25, -0.2) is 0 Å². The number of benzene rings is 1. The summed E-state index contributed by atoms with van der Waals surface area (Å²) in [5.41, 5.74) is 0.922. The second-order valence-electron chi connectivity index (χ2n) is 5.44. The van der Waals surface area contributed by atoms with Gasteiger partial charge in [0.05, 0.1) is 13.7 Å². The second-order valence-corrected chi connectivity index (χ2v) is 5.44. The number of amides is 1. The van der Waals surface area contributed by atoms with Crippen LogP contribution < -0.4 is 9.47 Å². The summed E-state index contributed by atoms with van der Waals surface area (Å²) >= 11 is 0. The van der Waals surface area contributed by atoms with Crippen molar-refractivity contribution in [3.63, 3.8) is 0 Å². The van der Waals surface area contributed by atoms with Gasteiger partial charge < -0.3 is 19.3 Å². The minimum absolute atomic E-state index is 0.0635. The molecule has 1 amide bonds. The standard InChI is InChI=1S/C18H26N2O3/c1-4-19-10-12-20(13-11-19)18(21)9-7-15-6-8-16(23-5-2)17(14-15)22-3/h6-9,14H,4-5,10-13H2,1-3H3/b9-7+. The molecule has 0 bridgehead atoms. The van der Waals surface area contributed by atoms with Gasteiger partial charge in [0.1, 0.15) is 0 Å². The maximum Gasteiger partial charge on any atom is 0.246 e. The van der Waals surface area contributed by atoms with Crippen LogP contribution in [0.2, 0.25) is 0 Å². The lowest BCUT2D eigenvalue weighted by molar-refractivity contribution is -0.127. The first-order chi connectivity index (χ1) is 11.2. The molecule has 1 aliphatic heterocycles. The fraction of sp³-hybridized carbons (Fsp3) is 0.500. The minimum Gasteiger partial charge on any atom is -0.493 e. The van der Waals surface area contributed by atoms with Crippen molar-refractivity contribution in [3.05, 3.63) is 29.8 Å². The van der Waals surface area contributed by atoms with Crippen LogP contribution in [0.1, 0.15) is 19.4 Å². The number of hydrogen-bond donors (Lipinski definition) is 0. The monoisotopic (exact) mass is 318 g/mol. The fourth-order valence-corrected chi connectivity index (χ4v) is 2.62. The lowest BCUT2D eigenvalue weighted by atomic mass is 10.2. The largest absolute Gasteiger partial charge is 0.493 e. The number of carbonyl (C=O) groups is 1. The maximum atomic E-state index is 12.3. The Morgan fingerprint density at radius 1 is 1.17 bits per heavy atom. The third-order valence-corrected chi connectivity index (χ3v) is 4.04. The van der Waals surface area contributed by atoms with Crippen molar-refractivity contribution in [1.82, 2.24) is 9.80 Å². The van der Waals surface area contributed by atoms with E-state index in [2.05, 4.69) is 11.8 Å². The first kappa shape index (κ1) is 17.3. The molecular weight excluding hydrogens is 292 g/mol. The van der Waals surface area contributed by atoms with E-state index >= 15 is 0 Å². The van der Waals surface area contributed by atoms with Crippen LogP contribution in [0.3, 0.4) is 0 Å². The molecule has 0 saturated carbocycles. The predicted molar refractivity (Wildman–Crippen MR) is 91.9 cm³/mol. The Hall–Kier alpha value is -2.01. The van der Waals surface area contributed by atoms with Crippen LogP contribution in [0.15, 0.2) is 24.3 Å². The third kappa shape index (κ3) is 4.73. The number of hydrogen-bond acceptors (Lipinski definition) is 4. The summed E-state index contributed by atoms with van der Waals surface area (Å²) in [4.78, 5) is 16.5. The van der Waals surface area contributed by atoms with E-state index in [1.165, 1.54) is 0 Å². The first-order valence-electron chi connectivity index (χ1n) is 8.18. The molecule has 0 N–H and O–H groups in total. The zero-order valence-corrected chi connectivity index (χ0v) is 14.2. The van der Waals surface area contributed by atoms with Crippen LogP contribution in [0, 0.1) is 0 Å². The number of nitrogens with zero attached hydrogens (tertiary/aromatic N) is 2. The van der Waals surface area contributed by atoms with Crippen LogP contribution in [-0.2, 0) is 4.79 Å². The van der Waals surface area contributed by atoms with Crippen molar-refractivity contribution in [2.75, 3.05) is 46.4 Å². The number of piperazine rings is 1. The molecule has 1 saturated heterocycles. The van der Waals surface area contributed by atoms with Gasteiger partial charge in [-0.2, -0.15) is 0 Å². The van der Waals surface area contributed by atoms with Crippen molar-refractivity contribution in [3.8, 4) is 11.5 Å². The van der Waals surface area contributed by atoms with Crippen molar-refractivity contribution >= 4 is 12.0 Å².